The predicted molar refractivity (Wildman–Crippen MR) is 60.7 cm³/mol. The van der Waals surface area contributed by atoms with Crippen LogP contribution in [0.2, 0.25) is 0 Å². The molecular weight excluding hydrogens is 224 g/mol. The van der Waals surface area contributed by atoms with Crippen LogP contribution in [0.4, 0.5) is 0 Å². The number of hydrogen-bond acceptors (Lipinski definition) is 4. The Balaban J connectivity index is 2.50. The van der Waals surface area contributed by atoms with Gasteiger partial charge in [0, 0.05) is 14.1 Å². The van der Waals surface area contributed by atoms with Gasteiger partial charge in [-0.05, 0) is 19.1 Å². The van der Waals surface area contributed by atoms with E-state index in [-0.39, 0.29) is 17.7 Å². The predicted octanol–water partition coefficient (Wildman–Crippen LogP) is 0.544. The molecule has 0 saturated carbocycles. The molecule has 0 spiro atoms. The summed E-state index contributed by atoms with van der Waals surface area (Å²) in [5.74, 6) is -0.766. The Morgan fingerprint density at radius 1 is 1.47 bits per heavy atom. The topological polar surface area (TPSA) is 82.8 Å². The van der Waals surface area contributed by atoms with E-state index in [4.69, 9.17) is 9.52 Å². The third-order valence-corrected chi connectivity index (χ3v) is 2.27. The molecule has 0 bridgehead atoms. The number of amides is 1. The first-order valence-corrected chi connectivity index (χ1v) is 5.18. The normalized spacial score (nSPS) is 12.2. The van der Waals surface area contributed by atoms with Gasteiger partial charge in [-0.1, -0.05) is 0 Å². The van der Waals surface area contributed by atoms with Gasteiger partial charge in [0.15, 0.2) is 0 Å². The van der Waals surface area contributed by atoms with Gasteiger partial charge < -0.3 is 14.4 Å². The fourth-order valence-electron chi connectivity index (χ4n) is 1.32. The second kappa shape index (κ2) is 5.49. The van der Waals surface area contributed by atoms with E-state index in [1.807, 2.05) is 0 Å². The van der Waals surface area contributed by atoms with Gasteiger partial charge in [0.25, 0.3) is 0 Å². The molecule has 1 aromatic rings. The minimum atomic E-state index is -1.10. The van der Waals surface area contributed by atoms with Gasteiger partial charge in [-0.3, -0.25) is 10.1 Å². The summed E-state index contributed by atoms with van der Waals surface area (Å²) in [4.78, 5) is 23.6. The molecule has 0 saturated heterocycles. The minimum absolute atomic E-state index is 0.0463. The number of nitrogens with zero attached hydrogens (tertiary/aromatic N) is 1. The number of hydrogen-bond donors (Lipinski definition) is 2. The Hall–Kier alpha value is -1.82. The van der Waals surface area contributed by atoms with Crippen molar-refractivity contribution in [2.24, 2.45) is 0 Å². The van der Waals surface area contributed by atoms with Crippen LogP contribution in [0.15, 0.2) is 16.5 Å². The molecule has 2 N–H and O–H groups in total. The van der Waals surface area contributed by atoms with Crippen LogP contribution in [-0.2, 0) is 11.3 Å². The van der Waals surface area contributed by atoms with Gasteiger partial charge >= 0.3 is 5.97 Å². The average molecular weight is 240 g/mol. The maximum atomic E-state index is 11.5. The molecule has 17 heavy (non-hydrogen) atoms. The standard InChI is InChI=1S/C11H16N2O4/c1-7(10(14)13(2)3)12-6-8-4-5-9(17-8)11(15)16/h4-5,7,12H,6H2,1-3H3,(H,15,16). The highest BCUT2D eigenvalue weighted by molar-refractivity contribution is 5.84. The molecule has 1 heterocycles. The van der Waals surface area contributed by atoms with Gasteiger partial charge in [-0.2, -0.15) is 0 Å². The van der Waals surface area contributed by atoms with Crippen molar-refractivity contribution >= 4 is 11.9 Å². The maximum absolute atomic E-state index is 11.5. The lowest BCUT2D eigenvalue weighted by Gasteiger charge is -2.17. The molecule has 6 nitrogen and oxygen atoms in total. The summed E-state index contributed by atoms with van der Waals surface area (Å²) < 4.78 is 5.05. The van der Waals surface area contributed by atoms with Gasteiger partial charge in [0.05, 0.1) is 12.6 Å². The van der Waals surface area contributed by atoms with Gasteiger partial charge in [0.2, 0.25) is 11.7 Å². The van der Waals surface area contributed by atoms with Crippen LogP contribution in [0.3, 0.4) is 0 Å². The van der Waals surface area contributed by atoms with E-state index >= 15 is 0 Å². The monoisotopic (exact) mass is 240 g/mol. The van der Waals surface area contributed by atoms with Crippen LogP contribution in [0.25, 0.3) is 0 Å². The molecule has 1 aromatic heterocycles. The van der Waals surface area contributed by atoms with E-state index < -0.39 is 5.97 Å². The maximum Gasteiger partial charge on any atom is 0.371 e. The quantitative estimate of drug-likeness (QED) is 0.785. The Labute approximate surface area is 99.2 Å². The van der Waals surface area contributed by atoms with Crippen molar-refractivity contribution < 1.29 is 19.1 Å². The summed E-state index contributed by atoms with van der Waals surface area (Å²) in [5, 5.41) is 11.6. The lowest BCUT2D eigenvalue weighted by molar-refractivity contribution is -0.130. The number of likely N-dealkylation sites (N-methyl/N-ethyl adjacent to an activating group) is 1. The van der Waals surface area contributed by atoms with Crippen LogP contribution in [0.1, 0.15) is 23.2 Å². The summed E-state index contributed by atoms with van der Waals surface area (Å²) in [6.45, 7) is 2.05. The second-order valence-electron chi connectivity index (χ2n) is 3.91. The van der Waals surface area contributed by atoms with E-state index in [2.05, 4.69) is 5.32 Å². The van der Waals surface area contributed by atoms with E-state index in [0.717, 1.165) is 0 Å². The molecule has 1 unspecified atom stereocenters. The third-order valence-electron chi connectivity index (χ3n) is 2.27. The van der Waals surface area contributed by atoms with Crippen molar-refractivity contribution in [3.05, 3.63) is 23.7 Å². The van der Waals surface area contributed by atoms with Gasteiger partial charge in [0.1, 0.15) is 5.76 Å². The van der Waals surface area contributed by atoms with Crippen molar-refractivity contribution in [1.82, 2.24) is 10.2 Å². The van der Waals surface area contributed by atoms with E-state index in [9.17, 15) is 9.59 Å². The Bertz CT molecular complexity index is 411. The molecule has 94 valence electrons. The highest BCUT2D eigenvalue weighted by Gasteiger charge is 2.15. The van der Waals surface area contributed by atoms with E-state index in [0.29, 0.717) is 12.3 Å². The van der Waals surface area contributed by atoms with Crippen molar-refractivity contribution in [3.8, 4) is 0 Å². The zero-order chi connectivity index (χ0) is 13.0. The summed E-state index contributed by atoms with van der Waals surface area (Å²) >= 11 is 0. The van der Waals surface area contributed by atoms with Crippen LogP contribution in [-0.4, -0.2) is 42.0 Å². The molecule has 1 atom stereocenters. The van der Waals surface area contributed by atoms with E-state index in [1.165, 1.54) is 11.0 Å². The first-order chi connectivity index (χ1) is 7.91. The molecule has 0 radical (unpaired) electrons. The lowest BCUT2D eigenvalue weighted by Crippen LogP contribution is -2.41. The summed E-state index contributed by atoms with van der Waals surface area (Å²) in [6.07, 6.45) is 0. The Kier molecular flexibility index (Phi) is 4.28. The van der Waals surface area contributed by atoms with Crippen LogP contribution in [0.5, 0.6) is 0 Å². The Morgan fingerprint density at radius 3 is 2.59 bits per heavy atom. The second-order valence-corrected chi connectivity index (χ2v) is 3.91. The molecule has 0 aromatic carbocycles. The van der Waals surface area contributed by atoms with Crippen molar-refractivity contribution in [3.63, 3.8) is 0 Å². The molecule has 1 amide bonds. The number of rotatable bonds is 5. The van der Waals surface area contributed by atoms with Crippen molar-refractivity contribution in [1.29, 1.82) is 0 Å². The highest BCUT2D eigenvalue weighted by Crippen LogP contribution is 2.07. The number of carboxylic acids is 1. The molecule has 6 heteroatoms. The molecular formula is C11H16N2O4. The minimum Gasteiger partial charge on any atom is -0.475 e. The first-order valence-electron chi connectivity index (χ1n) is 5.18. The van der Waals surface area contributed by atoms with Crippen LogP contribution >= 0.6 is 0 Å². The fourth-order valence-corrected chi connectivity index (χ4v) is 1.32. The summed E-state index contributed by atoms with van der Waals surface area (Å²) in [5.41, 5.74) is 0. The summed E-state index contributed by atoms with van der Waals surface area (Å²) in [6, 6.07) is 2.62. The molecule has 0 aliphatic carbocycles. The highest BCUT2D eigenvalue weighted by atomic mass is 16.4. The number of aromatic carboxylic acids is 1. The van der Waals surface area contributed by atoms with Crippen LogP contribution in [0, 0.1) is 0 Å². The van der Waals surface area contributed by atoms with Gasteiger partial charge in [-0.15, -0.1) is 0 Å². The first kappa shape index (κ1) is 13.2. The molecule has 0 fully saturated rings. The largest absolute Gasteiger partial charge is 0.475 e. The number of carboxylic acid groups (broad SMARTS) is 1. The fraction of sp³-hybridized carbons (Fsp3) is 0.455. The van der Waals surface area contributed by atoms with Gasteiger partial charge in [-0.25, -0.2) is 4.79 Å². The van der Waals surface area contributed by atoms with Crippen LogP contribution < -0.4 is 5.32 Å². The number of nitrogens with one attached hydrogen (secondary N) is 1. The SMILES string of the molecule is CC(NCc1ccc(C(=O)O)o1)C(=O)N(C)C. The Morgan fingerprint density at radius 2 is 2.12 bits per heavy atom. The third kappa shape index (κ3) is 3.60. The number of carbonyl (C=O) groups is 2. The molecule has 0 aliphatic heterocycles. The van der Waals surface area contributed by atoms with Crippen molar-refractivity contribution in [2.45, 2.75) is 19.5 Å². The number of carbonyl (C=O) groups excluding carboxylic acids is 1. The zero-order valence-electron chi connectivity index (χ0n) is 10.1. The lowest BCUT2D eigenvalue weighted by atomic mass is 10.3. The number of furan rings is 1. The average Bonchev–Trinajstić information content (AvgIpc) is 2.73. The summed E-state index contributed by atoms with van der Waals surface area (Å²) in [7, 11) is 3.35. The van der Waals surface area contributed by atoms with Crippen molar-refractivity contribution in [2.75, 3.05) is 14.1 Å². The molecule has 1 rings (SSSR count). The van der Waals surface area contributed by atoms with E-state index in [1.54, 1.807) is 27.1 Å². The molecule has 0 aliphatic rings. The zero-order valence-corrected chi connectivity index (χ0v) is 10.1. The smallest absolute Gasteiger partial charge is 0.371 e.